The molecule has 3 aromatic carbocycles. The minimum Gasteiger partial charge on any atom is -0.504 e. The SMILES string of the molecule is Cl.NCCc1ccc(O)c(O)c1.NCCc1ccc(O)c(O)c1.NCCc1ccc(O)c(O)c1. The number of nitrogens with two attached hydrogens (primary N) is 3. The van der Waals surface area contributed by atoms with Gasteiger partial charge in [-0.15, -0.1) is 12.4 Å². The van der Waals surface area contributed by atoms with E-state index in [0.29, 0.717) is 38.9 Å². The maximum absolute atomic E-state index is 9.04. The molecule has 0 aliphatic rings. The first kappa shape index (κ1) is 30.6. The van der Waals surface area contributed by atoms with Crippen LogP contribution in [0, 0.1) is 0 Å². The molecule has 0 bridgehead atoms. The lowest BCUT2D eigenvalue weighted by atomic mass is 10.1. The summed E-state index contributed by atoms with van der Waals surface area (Å²) >= 11 is 0. The van der Waals surface area contributed by atoms with E-state index < -0.39 is 0 Å². The first-order valence-electron chi connectivity index (χ1n) is 10.3. The summed E-state index contributed by atoms with van der Waals surface area (Å²) in [6.45, 7) is 1.64. The number of hydrogen-bond acceptors (Lipinski definition) is 9. The largest absolute Gasteiger partial charge is 0.504 e. The smallest absolute Gasteiger partial charge is 0.157 e. The Bertz CT molecular complexity index is 877. The molecule has 0 saturated heterocycles. The molecule has 0 saturated carbocycles. The number of hydrogen-bond donors (Lipinski definition) is 9. The predicted octanol–water partition coefficient (Wildman–Crippen LogP) is 2.22. The molecule has 3 rings (SSSR count). The van der Waals surface area contributed by atoms with Gasteiger partial charge in [-0.25, -0.2) is 0 Å². The highest BCUT2D eigenvalue weighted by atomic mass is 35.5. The molecule has 0 heterocycles. The van der Waals surface area contributed by atoms with Crippen molar-refractivity contribution in [1.82, 2.24) is 0 Å². The molecule has 0 unspecified atom stereocenters. The van der Waals surface area contributed by atoms with Crippen LogP contribution >= 0.6 is 12.4 Å². The molecule has 0 aliphatic carbocycles. The zero-order valence-electron chi connectivity index (χ0n) is 18.8. The molecule has 0 fully saturated rings. The van der Waals surface area contributed by atoms with Gasteiger partial charge in [-0.2, -0.15) is 0 Å². The molecule has 3 aromatic rings. The Hall–Kier alpha value is -3.37. The average molecular weight is 496 g/mol. The van der Waals surface area contributed by atoms with E-state index in [0.717, 1.165) is 16.7 Å². The van der Waals surface area contributed by atoms with Crippen molar-refractivity contribution in [3.05, 3.63) is 71.3 Å². The van der Waals surface area contributed by atoms with Crippen LogP contribution in [0.5, 0.6) is 34.5 Å². The third-order valence-corrected chi connectivity index (χ3v) is 4.42. The van der Waals surface area contributed by atoms with E-state index in [9.17, 15) is 0 Å². The van der Waals surface area contributed by atoms with Crippen molar-refractivity contribution >= 4 is 12.4 Å². The van der Waals surface area contributed by atoms with Crippen LogP contribution < -0.4 is 17.2 Å². The second kappa shape index (κ2) is 16.3. The van der Waals surface area contributed by atoms with Gasteiger partial charge in [0.2, 0.25) is 0 Å². The number of aromatic hydroxyl groups is 6. The Morgan fingerprint density at radius 3 is 0.824 bits per heavy atom. The molecule has 9 nitrogen and oxygen atoms in total. The molecule has 0 aliphatic heterocycles. The zero-order chi connectivity index (χ0) is 24.8. The van der Waals surface area contributed by atoms with Gasteiger partial charge in [-0.3, -0.25) is 0 Å². The van der Waals surface area contributed by atoms with E-state index in [1.807, 2.05) is 0 Å². The summed E-state index contributed by atoms with van der Waals surface area (Å²) < 4.78 is 0. The Morgan fingerprint density at radius 2 is 0.647 bits per heavy atom. The highest BCUT2D eigenvalue weighted by Crippen LogP contribution is 2.26. The topological polar surface area (TPSA) is 199 Å². The van der Waals surface area contributed by atoms with Crippen LogP contribution in [0.3, 0.4) is 0 Å². The van der Waals surface area contributed by atoms with E-state index in [2.05, 4.69) is 0 Å². The van der Waals surface area contributed by atoms with Crippen LogP contribution in [0.2, 0.25) is 0 Å². The molecule has 0 atom stereocenters. The lowest BCUT2D eigenvalue weighted by Crippen LogP contribution is -2.02. The summed E-state index contributed by atoms with van der Waals surface area (Å²) in [7, 11) is 0. The summed E-state index contributed by atoms with van der Waals surface area (Å²) in [5.74, 6) is -0.537. The lowest BCUT2D eigenvalue weighted by molar-refractivity contribution is 0.403. The number of phenols is 6. The van der Waals surface area contributed by atoms with Gasteiger partial charge in [0.25, 0.3) is 0 Å². The second-order valence-electron chi connectivity index (χ2n) is 7.09. The van der Waals surface area contributed by atoms with Crippen molar-refractivity contribution in [3.63, 3.8) is 0 Å². The second-order valence-corrected chi connectivity index (χ2v) is 7.09. The van der Waals surface area contributed by atoms with E-state index in [1.54, 1.807) is 18.2 Å². The summed E-state index contributed by atoms with van der Waals surface area (Å²) in [6.07, 6.45) is 2.15. The Morgan fingerprint density at radius 1 is 0.412 bits per heavy atom. The van der Waals surface area contributed by atoms with Crippen molar-refractivity contribution < 1.29 is 30.6 Å². The first-order chi connectivity index (χ1) is 15.7. The fourth-order valence-corrected chi connectivity index (χ4v) is 2.67. The van der Waals surface area contributed by atoms with Gasteiger partial charge in [-0.05, 0) is 92.0 Å². The van der Waals surface area contributed by atoms with Crippen molar-refractivity contribution in [1.29, 1.82) is 0 Å². The molecular formula is C24H34ClN3O6. The molecule has 0 spiro atoms. The molecular weight excluding hydrogens is 462 g/mol. The predicted molar refractivity (Wildman–Crippen MR) is 135 cm³/mol. The number of benzene rings is 3. The summed E-state index contributed by atoms with van der Waals surface area (Å²) in [4.78, 5) is 0. The summed E-state index contributed by atoms with van der Waals surface area (Å²) in [6, 6.07) is 14.1. The lowest BCUT2D eigenvalue weighted by Gasteiger charge is -2.00. The Kier molecular flexibility index (Phi) is 14.7. The van der Waals surface area contributed by atoms with Crippen LogP contribution in [-0.4, -0.2) is 50.3 Å². The summed E-state index contributed by atoms with van der Waals surface area (Å²) in [5, 5.41) is 53.9. The molecule has 0 radical (unpaired) electrons. The van der Waals surface area contributed by atoms with Crippen molar-refractivity contribution in [2.75, 3.05) is 19.6 Å². The standard InChI is InChI=1S/3C8H11NO2.ClH/c3*9-4-3-6-1-2-7(10)8(11)5-6;/h3*1-2,5,10-11H,3-4,9H2;1H. The summed E-state index contributed by atoms with van der Waals surface area (Å²) in [5.41, 5.74) is 18.7. The van der Waals surface area contributed by atoms with Gasteiger partial charge in [-0.1, -0.05) is 18.2 Å². The number of halogens is 1. The normalized spacial score (nSPS) is 9.62. The quantitative estimate of drug-likeness (QED) is 0.230. The van der Waals surface area contributed by atoms with Gasteiger partial charge in [0.15, 0.2) is 34.5 Å². The molecule has 0 amide bonds. The van der Waals surface area contributed by atoms with Crippen molar-refractivity contribution in [2.45, 2.75) is 19.3 Å². The van der Waals surface area contributed by atoms with Gasteiger partial charge in [0.1, 0.15) is 0 Å². The van der Waals surface area contributed by atoms with Crippen LogP contribution in [-0.2, 0) is 19.3 Å². The highest BCUT2D eigenvalue weighted by molar-refractivity contribution is 5.85. The van der Waals surface area contributed by atoms with Crippen LogP contribution in [0.1, 0.15) is 16.7 Å². The van der Waals surface area contributed by atoms with Crippen molar-refractivity contribution in [3.8, 4) is 34.5 Å². The molecule has 34 heavy (non-hydrogen) atoms. The molecule has 188 valence electrons. The molecule has 12 N–H and O–H groups in total. The van der Waals surface area contributed by atoms with Crippen LogP contribution in [0.25, 0.3) is 0 Å². The average Bonchev–Trinajstić information content (AvgIpc) is 2.78. The third kappa shape index (κ3) is 11.0. The Balaban J connectivity index is 0.000000473. The fraction of sp³-hybridized carbons (Fsp3) is 0.250. The van der Waals surface area contributed by atoms with Gasteiger partial charge < -0.3 is 47.8 Å². The van der Waals surface area contributed by atoms with Gasteiger partial charge >= 0.3 is 0 Å². The minimum atomic E-state index is -0.0919. The first-order valence-corrected chi connectivity index (χ1v) is 10.3. The zero-order valence-corrected chi connectivity index (χ0v) is 19.6. The minimum absolute atomic E-state index is 0. The maximum Gasteiger partial charge on any atom is 0.157 e. The van der Waals surface area contributed by atoms with Gasteiger partial charge in [0, 0.05) is 0 Å². The monoisotopic (exact) mass is 495 g/mol. The van der Waals surface area contributed by atoms with E-state index in [1.165, 1.54) is 36.4 Å². The van der Waals surface area contributed by atoms with Gasteiger partial charge in [0.05, 0.1) is 0 Å². The van der Waals surface area contributed by atoms with E-state index >= 15 is 0 Å². The highest BCUT2D eigenvalue weighted by Gasteiger charge is 2.00. The number of phenolic OH excluding ortho intramolecular Hbond substituents is 6. The van der Waals surface area contributed by atoms with Crippen molar-refractivity contribution in [2.24, 2.45) is 17.2 Å². The number of rotatable bonds is 6. The molecule has 10 heteroatoms. The Labute approximate surface area is 205 Å². The molecule has 0 aromatic heterocycles. The third-order valence-electron chi connectivity index (χ3n) is 4.42. The maximum atomic E-state index is 9.04. The van der Waals surface area contributed by atoms with E-state index in [-0.39, 0.29) is 46.9 Å². The van der Waals surface area contributed by atoms with E-state index in [4.69, 9.17) is 47.8 Å². The fourth-order valence-electron chi connectivity index (χ4n) is 2.67. The van der Waals surface area contributed by atoms with Crippen LogP contribution in [0.15, 0.2) is 54.6 Å². The van der Waals surface area contributed by atoms with Crippen LogP contribution in [0.4, 0.5) is 0 Å².